The molecule has 0 aliphatic heterocycles. The quantitative estimate of drug-likeness (QED) is 0.717. The van der Waals surface area contributed by atoms with Crippen LogP contribution >= 0.6 is 11.3 Å². The minimum Gasteiger partial charge on any atom is -0.394 e. The van der Waals surface area contributed by atoms with Crippen molar-refractivity contribution in [1.82, 2.24) is 14.6 Å². The predicted molar refractivity (Wildman–Crippen MR) is 95.9 cm³/mol. The fourth-order valence-electron chi connectivity index (χ4n) is 2.57. The summed E-state index contributed by atoms with van der Waals surface area (Å²) < 4.78 is 1.30. The summed E-state index contributed by atoms with van der Waals surface area (Å²) in [4.78, 5) is 17.1. The van der Waals surface area contributed by atoms with E-state index in [0.717, 1.165) is 11.3 Å². The maximum absolute atomic E-state index is 12.1. The van der Waals surface area contributed by atoms with Crippen molar-refractivity contribution < 1.29 is 5.11 Å². The molecule has 3 aromatic rings. The van der Waals surface area contributed by atoms with E-state index < -0.39 is 0 Å². The number of nitrogens with zero attached hydrogens (tertiary/aromatic N) is 3. The molecule has 0 unspecified atom stereocenters. The van der Waals surface area contributed by atoms with Crippen LogP contribution in [-0.4, -0.2) is 32.4 Å². The van der Waals surface area contributed by atoms with E-state index in [1.54, 1.807) is 0 Å². The van der Waals surface area contributed by atoms with E-state index in [4.69, 9.17) is 0 Å². The molecule has 0 radical (unpaired) electrons. The van der Waals surface area contributed by atoms with Gasteiger partial charge in [0.05, 0.1) is 12.6 Å². The highest BCUT2D eigenvalue weighted by molar-refractivity contribution is 7.20. The van der Waals surface area contributed by atoms with Crippen molar-refractivity contribution in [2.75, 3.05) is 11.9 Å². The monoisotopic (exact) mass is 344 g/mol. The third kappa shape index (κ3) is 3.32. The summed E-state index contributed by atoms with van der Waals surface area (Å²) in [7, 11) is 0. The number of fused-ring (bicyclic) bond motifs is 1. The van der Waals surface area contributed by atoms with Gasteiger partial charge in [-0.15, -0.1) is 5.10 Å². The molecule has 3 rings (SSSR count). The van der Waals surface area contributed by atoms with E-state index in [9.17, 15) is 9.90 Å². The molecule has 2 atom stereocenters. The molecular formula is C17H20N4O2S. The first-order valence-electron chi connectivity index (χ1n) is 7.94. The van der Waals surface area contributed by atoms with Crippen LogP contribution in [0, 0.1) is 0 Å². The lowest BCUT2D eigenvalue weighted by Crippen LogP contribution is -2.29. The molecule has 126 valence electrons. The van der Waals surface area contributed by atoms with Crippen molar-refractivity contribution in [2.24, 2.45) is 0 Å². The molecular weight excluding hydrogens is 324 g/mol. The molecule has 0 fully saturated rings. The molecule has 2 aromatic heterocycles. The average molecular weight is 344 g/mol. The Morgan fingerprint density at radius 3 is 2.75 bits per heavy atom. The second-order valence-corrected chi connectivity index (χ2v) is 6.63. The van der Waals surface area contributed by atoms with Crippen molar-refractivity contribution >= 4 is 21.4 Å². The molecule has 24 heavy (non-hydrogen) atoms. The largest absolute Gasteiger partial charge is 0.394 e. The number of aliphatic hydroxyl groups is 1. The molecule has 6 nitrogen and oxygen atoms in total. The lowest BCUT2D eigenvalue weighted by molar-refractivity contribution is 0.262. The lowest BCUT2D eigenvalue weighted by atomic mass is 9.94. The zero-order chi connectivity index (χ0) is 17.1. The number of hydrogen-bond acceptors (Lipinski definition) is 6. The summed E-state index contributed by atoms with van der Waals surface area (Å²) in [5.74, 6) is 0.0964. The number of aryl methyl sites for hydroxylation is 1. The molecule has 0 aliphatic rings. The van der Waals surface area contributed by atoms with Crippen LogP contribution in [0.4, 0.5) is 5.13 Å². The van der Waals surface area contributed by atoms with Crippen molar-refractivity contribution in [1.29, 1.82) is 0 Å². The van der Waals surface area contributed by atoms with E-state index >= 15 is 0 Å². The highest BCUT2D eigenvalue weighted by atomic mass is 32.1. The number of aromatic nitrogens is 3. The predicted octanol–water partition coefficient (Wildman–Crippen LogP) is 2.29. The van der Waals surface area contributed by atoms with Crippen LogP contribution in [0.25, 0.3) is 4.96 Å². The second kappa shape index (κ2) is 7.11. The molecule has 2 heterocycles. The summed E-state index contributed by atoms with van der Waals surface area (Å²) in [6.07, 6.45) is 0.705. The molecule has 0 saturated heterocycles. The first-order chi connectivity index (χ1) is 11.6. The third-order valence-corrected chi connectivity index (χ3v) is 4.93. The van der Waals surface area contributed by atoms with Gasteiger partial charge >= 0.3 is 0 Å². The fraction of sp³-hybridized carbons (Fsp3) is 0.353. The van der Waals surface area contributed by atoms with E-state index in [2.05, 4.69) is 22.3 Å². The SMILES string of the molecule is CCc1cc(=O)n2nc(N[C@H](CO)[C@@H](C)c3ccccc3)sc2n1. The van der Waals surface area contributed by atoms with E-state index in [0.29, 0.717) is 16.5 Å². The number of rotatable bonds is 6. The highest BCUT2D eigenvalue weighted by Crippen LogP contribution is 2.24. The van der Waals surface area contributed by atoms with Gasteiger partial charge in [0.25, 0.3) is 5.56 Å². The van der Waals surface area contributed by atoms with Crippen LogP contribution in [0.2, 0.25) is 0 Å². The van der Waals surface area contributed by atoms with Gasteiger partial charge in [-0.05, 0) is 12.0 Å². The zero-order valence-corrected chi connectivity index (χ0v) is 14.5. The van der Waals surface area contributed by atoms with Crippen LogP contribution in [0.15, 0.2) is 41.2 Å². The van der Waals surface area contributed by atoms with Gasteiger partial charge in [0.1, 0.15) is 0 Å². The molecule has 2 N–H and O–H groups in total. The summed E-state index contributed by atoms with van der Waals surface area (Å²) in [5.41, 5.74) is 1.71. The highest BCUT2D eigenvalue weighted by Gasteiger charge is 2.20. The van der Waals surface area contributed by atoms with E-state index in [1.165, 1.54) is 21.9 Å². The third-order valence-electron chi connectivity index (χ3n) is 4.09. The van der Waals surface area contributed by atoms with E-state index in [-0.39, 0.29) is 24.1 Å². The van der Waals surface area contributed by atoms with E-state index in [1.807, 2.05) is 37.3 Å². The number of aliphatic hydroxyl groups excluding tert-OH is 1. The van der Waals surface area contributed by atoms with Crippen molar-refractivity contribution in [2.45, 2.75) is 32.2 Å². The van der Waals surface area contributed by atoms with Gasteiger partial charge in [-0.3, -0.25) is 4.79 Å². The van der Waals surface area contributed by atoms with Gasteiger partial charge in [0.15, 0.2) is 0 Å². The number of hydrogen-bond donors (Lipinski definition) is 2. The number of benzene rings is 1. The summed E-state index contributed by atoms with van der Waals surface area (Å²) in [6.45, 7) is 3.98. The van der Waals surface area contributed by atoms with Gasteiger partial charge in [0, 0.05) is 17.7 Å². The van der Waals surface area contributed by atoms with Gasteiger partial charge in [-0.1, -0.05) is 55.5 Å². The van der Waals surface area contributed by atoms with Gasteiger partial charge < -0.3 is 10.4 Å². The Balaban J connectivity index is 1.87. The van der Waals surface area contributed by atoms with Gasteiger partial charge in [-0.2, -0.15) is 4.52 Å². The van der Waals surface area contributed by atoms with Crippen LogP contribution in [0.1, 0.15) is 31.0 Å². The van der Waals surface area contributed by atoms with Crippen LogP contribution in [-0.2, 0) is 6.42 Å². The van der Waals surface area contributed by atoms with Crippen LogP contribution in [0.3, 0.4) is 0 Å². The van der Waals surface area contributed by atoms with Gasteiger partial charge in [-0.25, -0.2) is 4.98 Å². The van der Waals surface area contributed by atoms with Crippen LogP contribution < -0.4 is 10.9 Å². The Morgan fingerprint density at radius 1 is 1.33 bits per heavy atom. The van der Waals surface area contributed by atoms with Crippen molar-refractivity contribution in [3.05, 3.63) is 58.0 Å². The topological polar surface area (TPSA) is 79.5 Å². The summed E-state index contributed by atoms with van der Waals surface area (Å²) in [6, 6.07) is 11.3. The second-order valence-electron chi connectivity index (χ2n) is 5.67. The van der Waals surface area contributed by atoms with Crippen molar-refractivity contribution in [3.63, 3.8) is 0 Å². The van der Waals surface area contributed by atoms with Crippen molar-refractivity contribution in [3.8, 4) is 0 Å². The Bertz CT molecular complexity index is 875. The van der Waals surface area contributed by atoms with Gasteiger partial charge in [0.2, 0.25) is 10.1 Å². The number of anilines is 1. The average Bonchev–Trinajstić information content (AvgIpc) is 3.03. The Morgan fingerprint density at radius 2 is 2.08 bits per heavy atom. The fourth-order valence-corrected chi connectivity index (χ4v) is 3.46. The molecule has 0 spiro atoms. The molecule has 7 heteroatoms. The Kier molecular flexibility index (Phi) is 4.92. The summed E-state index contributed by atoms with van der Waals surface area (Å²) in [5, 5.41) is 17.9. The molecule has 0 aliphatic carbocycles. The molecule has 0 bridgehead atoms. The Hall–Kier alpha value is -2.25. The zero-order valence-electron chi connectivity index (χ0n) is 13.6. The number of nitrogens with one attached hydrogen (secondary N) is 1. The summed E-state index contributed by atoms with van der Waals surface area (Å²) >= 11 is 1.32. The maximum Gasteiger partial charge on any atom is 0.275 e. The smallest absolute Gasteiger partial charge is 0.275 e. The first-order valence-corrected chi connectivity index (χ1v) is 8.76. The molecule has 1 aromatic carbocycles. The first kappa shape index (κ1) is 16.6. The van der Waals surface area contributed by atoms with Crippen LogP contribution in [0.5, 0.6) is 0 Å². The minimum atomic E-state index is -0.200. The normalized spacial score (nSPS) is 13.8. The maximum atomic E-state index is 12.1. The Labute approximate surface area is 143 Å². The molecule has 0 saturated carbocycles. The minimum absolute atomic E-state index is 0.0332. The standard InChI is InChI=1S/C17H20N4O2S/c1-3-13-9-15(23)21-17(18-13)24-16(20-21)19-14(10-22)11(2)12-7-5-4-6-8-12/h4-9,11,14,22H,3,10H2,1-2H3,(H,19,20)/t11-,14+/m0/s1. The lowest BCUT2D eigenvalue weighted by Gasteiger charge is -2.23. The molecule has 0 amide bonds.